The van der Waals surface area contributed by atoms with E-state index in [0.29, 0.717) is 6.54 Å². The molecule has 1 aromatic carbocycles. The van der Waals surface area contributed by atoms with Crippen molar-refractivity contribution < 1.29 is 9.90 Å². The van der Waals surface area contributed by atoms with Gasteiger partial charge in [0.2, 0.25) is 0 Å². The number of nitrogens with zero attached hydrogens (tertiary/aromatic N) is 2. The third-order valence-electron chi connectivity index (χ3n) is 2.83. The Balaban J connectivity index is 2.45. The van der Waals surface area contributed by atoms with E-state index in [0.717, 1.165) is 28.9 Å². The lowest BCUT2D eigenvalue weighted by molar-refractivity contribution is -0.131. The first-order valence-electron chi connectivity index (χ1n) is 5.96. The molecule has 94 valence electrons. The Labute approximate surface area is 106 Å². The van der Waals surface area contributed by atoms with Crippen molar-refractivity contribution in [3.05, 3.63) is 41.7 Å². The molecule has 0 amide bonds. The summed E-state index contributed by atoms with van der Waals surface area (Å²) in [6, 6.07) is 7.91. The van der Waals surface area contributed by atoms with Gasteiger partial charge in [-0.3, -0.25) is 0 Å². The summed E-state index contributed by atoms with van der Waals surface area (Å²) in [5.41, 5.74) is 2.81. The monoisotopic (exact) mass is 244 g/mol. The standard InChI is InChI=1S/C14H16N2O2/c1-3-13-15-11-6-4-5-7-12(11)16(13)9-10(2)8-14(17)18/h4-8H,3,9H2,1-2H3,(H,17,18). The van der Waals surface area contributed by atoms with Crippen molar-refractivity contribution in [2.45, 2.75) is 26.8 Å². The number of rotatable bonds is 4. The second-order valence-corrected chi connectivity index (χ2v) is 4.29. The topological polar surface area (TPSA) is 55.1 Å². The summed E-state index contributed by atoms with van der Waals surface area (Å²) in [5.74, 6) is 0.0734. The van der Waals surface area contributed by atoms with Crippen LogP contribution in [0.5, 0.6) is 0 Å². The van der Waals surface area contributed by atoms with Crippen molar-refractivity contribution in [2.75, 3.05) is 0 Å². The lowest BCUT2D eigenvalue weighted by atomic mass is 10.2. The molecule has 0 aliphatic rings. The summed E-state index contributed by atoms with van der Waals surface area (Å²) < 4.78 is 2.07. The fourth-order valence-corrected chi connectivity index (χ4v) is 2.08. The molecular formula is C14H16N2O2. The Morgan fingerprint density at radius 3 is 2.83 bits per heavy atom. The Bertz CT molecular complexity index is 611. The maximum atomic E-state index is 10.7. The van der Waals surface area contributed by atoms with Crippen LogP contribution in [0.1, 0.15) is 19.7 Å². The van der Waals surface area contributed by atoms with Crippen LogP contribution in [0.25, 0.3) is 11.0 Å². The van der Waals surface area contributed by atoms with E-state index in [2.05, 4.69) is 9.55 Å². The highest BCUT2D eigenvalue weighted by Crippen LogP contribution is 2.17. The normalized spacial score (nSPS) is 12.0. The molecule has 1 heterocycles. The van der Waals surface area contributed by atoms with Crippen molar-refractivity contribution in [1.29, 1.82) is 0 Å². The summed E-state index contributed by atoms with van der Waals surface area (Å²) in [6.45, 7) is 4.44. The van der Waals surface area contributed by atoms with E-state index in [4.69, 9.17) is 5.11 Å². The van der Waals surface area contributed by atoms with E-state index in [1.807, 2.05) is 38.1 Å². The van der Waals surface area contributed by atoms with E-state index in [1.54, 1.807) is 0 Å². The molecule has 0 bridgehead atoms. The van der Waals surface area contributed by atoms with Gasteiger partial charge in [-0.25, -0.2) is 9.78 Å². The first-order chi connectivity index (χ1) is 8.61. The maximum absolute atomic E-state index is 10.7. The molecule has 0 aliphatic carbocycles. The zero-order valence-electron chi connectivity index (χ0n) is 10.6. The zero-order chi connectivity index (χ0) is 13.1. The molecule has 2 rings (SSSR count). The molecule has 0 aliphatic heterocycles. The Kier molecular flexibility index (Phi) is 3.46. The number of fused-ring (bicyclic) bond motifs is 1. The van der Waals surface area contributed by atoms with Crippen molar-refractivity contribution in [2.24, 2.45) is 0 Å². The van der Waals surface area contributed by atoms with Gasteiger partial charge in [0, 0.05) is 19.0 Å². The van der Waals surface area contributed by atoms with Crippen molar-refractivity contribution in [3.8, 4) is 0 Å². The number of allylic oxidation sites excluding steroid dienone is 1. The van der Waals surface area contributed by atoms with Crippen molar-refractivity contribution in [3.63, 3.8) is 0 Å². The third-order valence-corrected chi connectivity index (χ3v) is 2.83. The van der Waals surface area contributed by atoms with Crippen molar-refractivity contribution in [1.82, 2.24) is 9.55 Å². The Morgan fingerprint density at radius 1 is 1.44 bits per heavy atom. The largest absolute Gasteiger partial charge is 0.478 e. The van der Waals surface area contributed by atoms with Crippen LogP contribution in [0, 0.1) is 0 Å². The maximum Gasteiger partial charge on any atom is 0.328 e. The first kappa shape index (κ1) is 12.4. The number of benzene rings is 1. The lowest BCUT2D eigenvalue weighted by Crippen LogP contribution is -2.05. The molecule has 2 aromatic rings. The van der Waals surface area contributed by atoms with Crippen LogP contribution in [0.2, 0.25) is 0 Å². The average molecular weight is 244 g/mol. The predicted octanol–water partition coefficient (Wildman–Crippen LogP) is 2.63. The Morgan fingerprint density at radius 2 is 2.17 bits per heavy atom. The molecule has 0 radical (unpaired) electrons. The molecular weight excluding hydrogens is 228 g/mol. The van der Waals surface area contributed by atoms with Gasteiger partial charge < -0.3 is 9.67 Å². The highest BCUT2D eigenvalue weighted by atomic mass is 16.4. The molecule has 0 atom stereocenters. The van der Waals surface area contributed by atoms with Crippen LogP contribution >= 0.6 is 0 Å². The summed E-state index contributed by atoms with van der Waals surface area (Å²) in [6.07, 6.45) is 2.07. The number of carboxylic acids is 1. The second kappa shape index (κ2) is 5.04. The van der Waals surface area contributed by atoms with Gasteiger partial charge in [-0.05, 0) is 24.6 Å². The number of para-hydroxylation sites is 2. The van der Waals surface area contributed by atoms with Crippen LogP contribution in [0.4, 0.5) is 0 Å². The summed E-state index contributed by atoms with van der Waals surface area (Å²) >= 11 is 0. The van der Waals surface area contributed by atoms with E-state index in [1.165, 1.54) is 6.08 Å². The van der Waals surface area contributed by atoms with E-state index in [-0.39, 0.29) is 0 Å². The average Bonchev–Trinajstić information content (AvgIpc) is 2.66. The number of aryl methyl sites for hydroxylation is 1. The minimum absolute atomic E-state index is 0.565. The summed E-state index contributed by atoms with van der Waals surface area (Å²) in [5, 5.41) is 8.75. The lowest BCUT2D eigenvalue weighted by Gasteiger charge is -2.07. The van der Waals surface area contributed by atoms with Gasteiger partial charge in [0.15, 0.2) is 0 Å². The van der Waals surface area contributed by atoms with Gasteiger partial charge in [-0.15, -0.1) is 0 Å². The van der Waals surface area contributed by atoms with Crippen molar-refractivity contribution >= 4 is 17.0 Å². The molecule has 0 saturated carbocycles. The molecule has 0 saturated heterocycles. The molecule has 1 aromatic heterocycles. The van der Waals surface area contributed by atoms with Gasteiger partial charge >= 0.3 is 5.97 Å². The molecule has 0 fully saturated rings. The molecule has 0 spiro atoms. The van der Waals surface area contributed by atoms with Crippen LogP contribution in [-0.4, -0.2) is 20.6 Å². The van der Waals surface area contributed by atoms with Crippen LogP contribution in [0.3, 0.4) is 0 Å². The Hall–Kier alpha value is -2.10. The first-order valence-corrected chi connectivity index (χ1v) is 5.96. The SMILES string of the molecule is CCc1nc2ccccc2n1CC(C)=CC(=O)O. The minimum atomic E-state index is -0.907. The number of imidazole rings is 1. The second-order valence-electron chi connectivity index (χ2n) is 4.29. The molecule has 1 N–H and O–H groups in total. The molecule has 4 heteroatoms. The highest BCUT2D eigenvalue weighted by molar-refractivity contribution is 5.80. The highest BCUT2D eigenvalue weighted by Gasteiger charge is 2.09. The molecule has 4 nitrogen and oxygen atoms in total. The van der Waals surface area contributed by atoms with Crippen LogP contribution in [-0.2, 0) is 17.8 Å². The van der Waals surface area contributed by atoms with Gasteiger partial charge in [0.25, 0.3) is 0 Å². The third kappa shape index (κ3) is 2.42. The number of hydrogen-bond donors (Lipinski definition) is 1. The van der Waals surface area contributed by atoms with E-state index in [9.17, 15) is 4.79 Å². The predicted molar refractivity (Wildman–Crippen MR) is 70.5 cm³/mol. The minimum Gasteiger partial charge on any atom is -0.478 e. The summed E-state index contributed by atoms with van der Waals surface area (Å²) in [4.78, 5) is 15.2. The number of aliphatic carboxylic acids is 1. The van der Waals surface area contributed by atoms with E-state index < -0.39 is 5.97 Å². The quantitative estimate of drug-likeness (QED) is 0.841. The van der Waals surface area contributed by atoms with Gasteiger partial charge in [-0.1, -0.05) is 19.1 Å². The van der Waals surface area contributed by atoms with Gasteiger partial charge in [-0.2, -0.15) is 0 Å². The van der Waals surface area contributed by atoms with Gasteiger partial charge in [0.05, 0.1) is 11.0 Å². The zero-order valence-corrected chi connectivity index (χ0v) is 10.6. The van der Waals surface area contributed by atoms with E-state index >= 15 is 0 Å². The number of carboxylic acid groups (broad SMARTS) is 1. The summed E-state index contributed by atoms with van der Waals surface area (Å²) in [7, 11) is 0. The van der Waals surface area contributed by atoms with Gasteiger partial charge in [0.1, 0.15) is 5.82 Å². The van der Waals surface area contributed by atoms with Crippen LogP contribution < -0.4 is 0 Å². The fourth-order valence-electron chi connectivity index (χ4n) is 2.08. The number of aromatic nitrogens is 2. The smallest absolute Gasteiger partial charge is 0.328 e. The fraction of sp³-hybridized carbons (Fsp3) is 0.286. The number of hydrogen-bond acceptors (Lipinski definition) is 2. The molecule has 0 unspecified atom stereocenters. The van der Waals surface area contributed by atoms with Crippen LogP contribution in [0.15, 0.2) is 35.9 Å². The number of carbonyl (C=O) groups is 1. The molecule has 18 heavy (non-hydrogen) atoms.